The van der Waals surface area contributed by atoms with Gasteiger partial charge >= 0.3 is 0 Å². The number of rotatable bonds is 7. The van der Waals surface area contributed by atoms with Gasteiger partial charge in [0, 0.05) is 28.8 Å². The van der Waals surface area contributed by atoms with E-state index < -0.39 is 11.6 Å². The Labute approximate surface area is 181 Å². The third-order valence-corrected chi connectivity index (χ3v) is 5.42. The fraction of sp³-hybridized carbons (Fsp3) is 0.182. The van der Waals surface area contributed by atoms with Crippen LogP contribution in [0.1, 0.15) is 23.6 Å². The molecule has 0 unspecified atom stereocenters. The molecule has 0 saturated carbocycles. The number of carbonyl (C=O) groups is 1. The largest absolute Gasteiger partial charge is 0.339 e. The van der Waals surface area contributed by atoms with E-state index in [-0.39, 0.29) is 12.3 Å². The van der Waals surface area contributed by atoms with Crippen LogP contribution in [0, 0.1) is 18.6 Å². The van der Waals surface area contributed by atoms with Crippen LogP contribution in [0.4, 0.5) is 13.9 Å². The van der Waals surface area contributed by atoms with Gasteiger partial charge in [-0.25, -0.2) is 13.8 Å². The molecule has 0 atom stereocenters. The molecular weight excluding hydrogens is 422 g/mol. The quantitative estimate of drug-likeness (QED) is 0.416. The van der Waals surface area contributed by atoms with Crippen LogP contribution in [0.3, 0.4) is 0 Å². The van der Waals surface area contributed by atoms with Crippen molar-refractivity contribution in [2.24, 2.45) is 0 Å². The fourth-order valence-electron chi connectivity index (χ4n) is 3.00. The molecule has 6 nitrogen and oxygen atoms in total. The lowest BCUT2D eigenvalue weighted by Gasteiger charge is -2.01. The SMILES string of the molecule is Cc1sc(NC(=O)CCCc2nc(-c3ccccc3)no2)nc1-c1ccc(F)c(F)c1. The van der Waals surface area contributed by atoms with Gasteiger partial charge in [0.25, 0.3) is 0 Å². The molecule has 0 radical (unpaired) electrons. The number of thiazole rings is 1. The van der Waals surface area contributed by atoms with E-state index in [0.717, 1.165) is 22.6 Å². The van der Waals surface area contributed by atoms with E-state index in [0.29, 0.717) is 40.9 Å². The monoisotopic (exact) mass is 440 g/mol. The standard InChI is InChI=1S/C22H18F2N4O2S/c1-13-20(15-10-11-16(23)17(24)12-15)27-22(31-13)25-18(29)8-5-9-19-26-21(28-30-19)14-6-3-2-4-7-14/h2-4,6-7,10-12H,5,8-9H2,1H3,(H,25,27,29). The average molecular weight is 440 g/mol. The van der Waals surface area contributed by atoms with Gasteiger partial charge in [0.15, 0.2) is 16.8 Å². The third kappa shape index (κ3) is 5.00. The van der Waals surface area contributed by atoms with Crippen LogP contribution >= 0.6 is 11.3 Å². The summed E-state index contributed by atoms with van der Waals surface area (Å²) < 4.78 is 31.9. The molecule has 158 valence electrons. The molecular formula is C22H18F2N4O2S. The summed E-state index contributed by atoms with van der Waals surface area (Å²) in [5.41, 5.74) is 1.84. The highest BCUT2D eigenvalue weighted by molar-refractivity contribution is 7.16. The minimum atomic E-state index is -0.938. The molecule has 0 saturated heterocycles. The molecule has 1 amide bonds. The predicted octanol–water partition coefficient (Wildman–Crippen LogP) is 5.41. The van der Waals surface area contributed by atoms with Gasteiger partial charge in [0.05, 0.1) is 5.69 Å². The minimum absolute atomic E-state index is 0.201. The second-order valence-corrected chi connectivity index (χ2v) is 8.04. The lowest BCUT2D eigenvalue weighted by molar-refractivity contribution is -0.116. The van der Waals surface area contributed by atoms with Crippen molar-refractivity contribution in [2.45, 2.75) is 26.2 Å². The summed E-state index contributed by atoms with van der Waals surface area (Å²) in [6.07, 6.45) is 1.26. The number of halogens is 2. The highest BCUT2D eigenvalue weighted by Crippen LogP contribution is 2.31. The highest BCUT2D eigenvalue weighted by atomic mass is 32.1. The van der Waals surface area contributed by atoms with E-state index in [9.17, 15) is 13.6 Å². The molecule has 1 N–H and O–H groups in total. The number of hydrogen-bond acceptors (Lipinski definition) is 6. The first-order chi connectivity index (χ1) is 15.0. The first kappa shape index (κ1) is 20.8. The van der Waals surface area contributed by atoms with Crippen molar-refractivity contribution in [3.63, 3.8) is 0 Å². The van der Waals surface area contributed by atoms with Crippen LogP contribution in [-0.2, 0) is 11.2 Å². The van der Waals surface area contributed by atoms with E-state index >= 15 is 0 Å². The van der Waals surface area contributed by atoms with Gasteiger partial charge in [-0.3, -0.25) is 4.79 Å². The Morgan fingerprint density at radius 2 is 1.87 bits per heavy atom. The van der Waals surface area contributed by atoms with Gasteiger partial charge < -0.3 is 9.84 Å². The number of aromatic nitrogens is 3. The number of aryl methyl sites for hydroxylation is 2. The van der Waals surface area contributed by atoms with Gasteiger partial charge in [-0.05, 0) is 31.5 Å². The van der Waals surface area contributed by atoms with Gasteiger partial charge in [-0.2, -0.15) is 4.98 Å². The number of hydrogen-bond donors (Lipinski definition) is 1. The van der Waals surface area contributed by atoms with E-state index in [1.807, 2.05) is 37.3 Å². The van der Waals surface area contributed by atoms with Crippen molar-refractivity contribution in [2.75, 3.05) is 5.32 Å². The summed E-state index contributed by atoms with van der Waals surface area (Å²) in [7, 11) is 0. The van der Waals surface area contributed by atoms with E-state index in [1.54, 1.807) is 0 Å². The Bertz CT molecular complexity index is 1210. The third-order valence-electron chi connectivity index (χ3n) is 4.53. The van der Waals surface area contributed by atoms with Gasteiger partial charge in [0.1, 0.15) is 0 Å². The molecule has 2 heterocycles. The Hall–Kier alpha value is -3.46. The summed E-state index contributed by atoms with van der Waals surface area (Å²) in [6.45, 7) is 1.81. The molecule has 0 aliphatic carbocycles. The van der Waals surface area contributed by atoms with Crippen molar-refractivity contribution >= 4 is 22.4 Å². The number of benzene rings is 2. The summed E-state index contributed by atoms with van der Waals surface area (Å²) in [5, 5.41) is 7.12. The zero-order valence-corrected chi connectivity index (χ0v) is 17.4. The molecule has 0 spiro atoms. The topological polar surface area (TPSA) is 80.9 Å². The Morgan fingerprint density at radius 3 is 2.65 bits per heavy atom. The van der Waals surface area contributed by atoms with Crippen LogP contribution < -0.4 is 5.32 Å². The maximum absolute atomic E-state index is 13.5. The second-order valence-electron chi connectivity index (χ2n) is 6.83. The van der Waals surface area contributed by atoms with Crippen LogP contribution in [0.25, 0.3) is 22.6 Å². The van der Waals surface area contributed by atoms with Crippen molar-refractivity contribution in [3.05, 3.63) is 70.9 Å². The molecule has 9 heteroatoms. The number of amides is 1. The molecule has 0 aliphatic rings. The zero-order chi connectivity index (χ0) is 21.8. The Kier molecular flexibility index (Phi) is 6.13. The van der Waals surface area contributed by atoms with E-state index in [1.165, 1.54) is 17.4 Å². The second kappa shape index (κ2) is 9.13. The molecule has 4 rings (SSSR count). The number of nitrogens with one attached hydrogen (secondary N) is 1. The van der Waals surface area contributed by atoms with Gasteiger partial charge in [0.2, 0.25) is 17.6 Å². The maximum Gasteiger partial charge on any atom is 0.226 e. The minimum Gasteiger partial charge on any atom is -0.339 e. The summed E-state index contributed by atoms with van der Waals surface area (Å²) in [6, 6.07) is 13.1. The number of anilines is 1. The first-order valence-electron chi connectivity index (χ1n) is 9.60. The van der Waals surface area contributed by atoms with Crippen LogP contribution in [-0.4, -0.2) is 21.0 Å². The van der Waals surface area contributed by atoms with Gasteiger partial charge in [-0.15, -0.1) is 11.3 Å². The van der Waals surface area contributed by atoms with Crippen molar-refractivity contribution in [3.8, 4) is 22.6 Å². The Morgan fingerprint density at radius 1 is 1.06 bits per heavy atom. The zero-order valence-electron chi connectivity index (χ0n) is 16.6. The summed E-state index contributed by atoms with van der Waals surface area (Å²) >= 11 is 1.28. The normalized spacial score (nSPS) is 10.9. The average Bonchev–Trinajstić information content (AvgIpc) is 3.37. The predicted molar refractivity (Wildman–Crippen MR) is 114 cm³/mol. The highest BCUT2D eigenvalue weighted by Gasteiger charge is 2.14. The first-order valence-corrected chi connectivity index (χ1v) is 10.4. The van der Waals surface area contributed by atoms with Crippen molar-refractivity contribution in [1.82, 2.24) is 15.1 Å². The van der Waals surface area contributed by atoms with E-state index in [4.69, 9.17) is 4.52 Å². The summed E-state index contributed by atoms with van der Waals surface area (Å²) in [5.74, 6) is -1.07. The van der Waals surface area contributed by atoms with Crippen LogP contribution in [0.5, 0.6) is 0 Å². The molecule has 0 bridgehead atoms. The van der Waals surface area contributed by atoms with Gasteiger partial charge in [-0.1, -0.05) is 35.5 Å². The fourth-order valence-corrected chi connectivity index (χ4v) is 3.86. The summed E-state index contributed by atoms with van der Waals surface area (Å²) in [4.78, 5) is 21.8. The molecule has 4 aromatic rings. The molecule has 0 fully saturated rings. The lowest BCUT2D eigenvalue weighted by Crippen LogP contribution is -2.11. The van der Waals surface area contributed by atoms with Crippen molar-refractivity contribution < 1.29 is 18.1 Å². The maximum atomic E-state index is 13.5. The van der Waals surface area contributed by atoms with Crippen molar-refractivity contribution in [1.29, 1.82) is 0 Å². The van der Waals surface area contributed by atoms with Crippen LogP contribution in [0.15, 0.2) is 53.1 Å². The molecule has 2 aromatic heterocycles. The smallest absolute Gasteiger partial charge is 0.226 e. The van der Waals surface area contributed by atoms with Crippen LogP contribution in [0.2, 0.25) is 0 Å². The molecule has 0 aliphatic heterocycles. The number of carbonyl (C=O) groups excluding carboxylic acids is 1. The number of nitrogens with zero attached hydrogens (tertiary/aromatic N) is 3. The lowest BCUT2D eigenvalue weighted by atomic mass is 10.1. The van der Waals surface area contributed by atoms with E-state index in [2.05, 4.69) is 20.4 Å². The molecule has 2 aromatic carbocycles. The Balaban J connectivity index is 1.31. The molecule has 31 heavy (non-hydrogen) atoms.